The van der Waals surface area contributed by atoms with Crippen molar-refractivity contribution in [1.29, 1.82) is 0 Å². The van der Waals surface area contributed by atoms with Gasteiger partial charge in [0, 0.05) is 6.16 Å². The summed E-state index contributed by atoms with van der Waals surface area (Å²) in [4.78, 5) is 17.3. The topological polar surface area (TPSA) is 57.5 Å². The Morgan fingerprint density at radius 2 is 1.11 bits per heavy atom. The maximum Gasteiger partial charge on any atom is 2.00 e. The third-order valence-electron chi connectivity index (χ3n) is 3.05. The van der Waals surface area contributed by atoms with Crippen LogP contribution in [-0.2, 0) is 4.57 Å². The summed E-state index contributed by atoms with van der Waals surface area (Å²) in [6, 6.07) is 0. The first-order chi connectivity index (χ1) is 8.06. The van der Waals surface area contributed by atoms with Crippen LogP contribution < -0.4 is 0 Å². The summed E-state index contributed by atoms with van der Waals surface area (Å²) in [5, 5.41) is 0. The van der Waals surface area contributed by atoms with E-state index in [1.807, 2.05) is 0 Å². The van der Waals surface area contributed by atoms with Crippen molar-refractivity contribution >= 4 is 56.5 Å². The van der Waals surface area contributed by atoms with Gasteiger partial charge in [-0.2, -0.15) is 0 Å². The van der Waals surface area contributed by atoms with E-state index < -0.39 is 7.60 Å². The molecule has 3 nitrogen and oxygen atoms in total. The third kappa shape index (κ3) is 20.0. The van der Waals surface area contributed by atoms with E-state index in [2.05, 4.69) is 6.92 Å². The molecule has 0 bridgehead atoms. The van der Waals surface area contributed by atoms with Gasteiger partial charge in [-0.05, 0) is 6.42 Å². The van der Waals surface area contributed by atoms with Gasteiger partial charge in [-0.1, -0.05) is 71.1 Å². The number of hydrogen-bond donors (Lipinski definition) is 2. The van der Waals surface area contributed by atoms with E-state index in [1.54, 1.807) is 0 Å². The molecule has 0 aromatic rings. The van der Waals surface area contributed by atoms with Crippen LogP contribution in [0.15, 0.2) is 0 Å². The van der Waals surface area contributed by atoms with Gasteiger partial charge in [0.15, 0.2) is 0 Å². The van der Waals surface area contributed by atoms with Gasteiger partial charge < -0.3 is 12.6 Å². The van der Waals surface area contributed by atoms with Crippen LogP contribution in [0.25, 0.3) is 0 Å². The molecule has 0 atom stereocenters. The van der Waals surface area contributed by atoms with Crippen LogP contribution in [0.2, 0.25) is 0 Å². The minimum absolute atomic E-state index is 0. The number of hydrogen-bond acceptors (Lipinski definition) is 1. The summed E-state index contributed by atoms with van der Waals surface area (Å²) in [6.07, 6.45) is 13.4. The molecule has 0 aromatic carbocycles. The van der Waals surface area contributed by atoms with E-state index in [4.69, 9.17) is 9.79 Å². The van der Waals surface area contributed by atoms with Crippen LogP contribution in [0.4, 0.5) is 0 Å². The quantitative estimate of drug-likeness (QED) is 0.290. The predicted molar refractivity (Wildman–Crippen MR) is 81.4 cm³/mol. The predicted octanol–water partition coefficient (Wildman–Crippen LogP) is 4.32. The second-order valence-corrected chi connectivity index (χ2v) is 6.70. The van der Waals surface area contributed by atoms with E-state index in [1.165, 1.54) is 51.4 Å². The average molecular weight is 404 g/mol. The van der Waals surface area contributed by atoms with E-state index in [0.29, 0.717) is 6.42 Å². The smallest absolute Gasteiger partial charge is 1.00 e. The first-order valence-electron chi connectivity index (χ1n) is 7.11. The maximum absolute atomic E-state index is 10.6. The Bertz CT molecular complexity index is 216. The number of unbranched alkanes of at least 4 members (excludes halogenated alkanes) is 10. The SMILES string of the molecule is CCCCCCCCCCCCCP(=O)(O)O.[Ba+2].[H-].[H-]. The van der Waals surface area contributed by atoms with Crippen LogP contribution in [0.5, 0.6) is 0 Å². The van der Waals surface area contributed by atoms with Crippen molar-refractivity contribution in [3.8, 4) is 0 Å². The molecule has 0 saturated carbocycles. The Morgan fingerprint density at radius 1 is 0.778 bits per heavy atom. The second-order valence-electron chi connectivity index (χ2n) is 4.92. The first kappa shape index (κ1) is 22.0. The first-order valence-corrected chi connectivity index (χ1v) is 8.90. The van der Waals surface area contributed by atoms with Gasteiger partial charge in [0.05, 0.1) is 0 Å². The fourth-order valence-corrected chi connectivity index (χ4v) is 2.62. The number of rotatable bonds is 12. The summed E-state index contributed by atoms with van der Waals surface area (Å²) in [5.74, 6) is 0. The largest absolute Gasteiger partial charge is 2.00 e. The van der Waals surface area contributed by atoms with Crippen LogP contribution >= 0.6 is 7.60 Å². The van der Waals surface area contributed by atoms with Crippen molar-refractivity contribution < 1.29 is 17.2 Å². The maximum atomic E-state index is 10.6. The molecule has 108 valence electrons. The molecule has 0 spiro atoms. The average Bonchev–Trinajstić information content (AvgIpc) is 2.24. The zero-order chi connectivity index (χ0) is 13.0. The molecule has 0 rings (SSSR count). The fraction of sp³-hybridized carbons (Fsp3) is 1.00. The summed E-state index contributed by atoms with van der Waals surface area (Å²) in [7, 11) is -3.74. The van der Waals surface area contributed by atoms with Gasteiger partial charge in [-0.3, -0.25) is 4.57 Å². The van der Waals surface area contributed by atoms with Crippen molar-refractivity contribution in [1.82, 2.24) is 0 Å². The molecule has 0 amide bonds. The molecule has 0 aromatic heterocycles. The van der Waals surface area contributed by atoms with Crippen molar-refractivity contribution in [3.05, 3.63) is 0 Å². The summed E-state index contributed by atoms with van der Waals surface area (Å²) in [5.41, 5.74) is 0. The Hall–Kier alpha value is 1.72. The molecule has 0 aliphatic carbocycles. The summed E-state index contributed by atoms with van der Waals surface area (Å²) < 4.78 is 10.6. The Kier molecular flexibility index (Phi) is 18.5. The molecular formula is C13H31BaO3P. The minimum atomic E-state index is -3.74. The molecule has 0 unspecified atom stereocenters. The fourth-order valence-electron chi connectivity index (χ4n) is 1.98. The van der Waals surface area contributed by atoms with Crippen LogP contribution in [0, 0.1) is 0 Å². The molecule has 0 heterocycles. The van der Waals surface area contributed by atoms with Crippen molar-refractivity contribution in [2.75, 3.05) is 6.16 Å². The van der Waals surface area contributed by atoms with E-state index in [-0.39, 0.29) is 57.9 Å². The summed E-state index contributed by atoms with van der Waals surface area (Å²) >= 11 is 0. The van der Waals surface area contributed by atoms with Gasteiger partial charge in [-0.25, -0.2) is 0 Å². The Labute approximate surface area is 156 Å². The minimum Gasteiger partial charge on any atom is -1.00 e. The normalized spacial score (nSPS) is 11.3. The van der Waals surface area contributed by atoms with Gasteiger partial charge in [0.2, 0.25) is 0 Å². The molecule has 0 saturated heterocycles. The zero-order valence-corrected chi connectivity index (χ0v) is 17.3. The van der Waals surface area contributed by atoms with Crippen LogP contribution in [-0.4, -0.2) is 64.8 Å². The van der Waals surface area contributed by atoms with Crippen molar-refractivity contribution in [3.63, 3.8) is 0 Å². The van der Waals surface area contributed by atoms with Crippen molar-refractivity contribution in [2.45, 2.75) is 77.6 Å². The molecule has 0 aliphatic rings. The molecule has 0 aliphatic heterocycles. The second kappa shape index (κ2) is 15.1. The van der Waals surface area contributed by atoms with Crippen LogP contribution in [0.3, 0.4) is 0 Å². The molecule has 18 heavy (non-hydrogen) atoms. The Morgan fingerprint density at radius 3 is 1.44 bits per heavy atom. The third-order valence-corrected chi connectivity index (χ3v) is 3.95. The van der Waals surface area contributed by atoms with E-state index in [0.717, 1.165) is 12.8 Å². The standard InChI is InChI=1S/C13H29O3P.Ba.2H/c1-2-3-4-5-6-7-8-9-10-11-12-13-17(14,15)16;;;/h2-13H2,1H3,(H2,14,15,16);;;/q;+2;2*-1. The van der Waals surface area contributed by atoms with E-state index in [9.17, 15) is 4.57 Å². The molecule has 5 heteroatoms. The molecular weight excluding hydrogens is 372 g/mol. The van der Waals surface area contributed by atoms with Gasteiger partial charge in [0.25, 0.3) is 0 Å². The molecule has 0 radical (unpaired) electrons. The monoisotopic (exact) mass is 404 g/mol. The van der Waals surface area contributed by atoms with Crippen LogP contribution in [0.1, 0.15) is 80.4 Å². The van der Waals surface area contributed by atoms with Gasteiger partial charge >= 0.3 is 56.5 Å². The molecule has 0 fully saturated rings. The Balaban J connectivity index is -0.000000427. The van der Waals surface area contributed by atoms with Gasteiger partial charge in [0.1, 0.15) is 0 Å². The van der Waals surface area contributed by atoms with Gasteiger partial charge in [-0.15, -0.1) is 0 Å². The van der Waals surface area contributed by atoms with Crippen molar-refractivity contribution in [2.24, 2.45) is 0 Å². The molecule has 2 N–H and O–H groups in total. The summed E-state index contributed by atoms with van der Waals surface area (Å²) in [6.45, 7) is 2.23. The zero-order valence-electron chi connectivity index (χ0n) is 13.9. The van der Waals surface area contributed by atoms with E-state index >= 15 is 0 Å².